The van der Waals surface area contributed by atoms with E-state index in [2.05, 4.69) is 16.7 Å². The topological polar surface area (TPSA) is 76.2 Å². The fraction of sp³-hybridized carbons (Fsp3) is 0.643. The lowest BCUT2D eigenvalue weighted by Crippen LogP contribution is -2.41. The van der Waals surface area contributed by atoms with E-state index in [0.29, 0.717) is 13.1 Å². The molecule has 0 saturated carbocycles. The fourth-order valence-electron chi connectivity index (χ4n) is 2.74. The standard InChI is InChI=1S/C14H16N2O5/c17-11-12(18)21-14(20-11)5-10-16(13(14)19)9-4-3-8-15-6-1-2-7-15/h1-2,5-10H2. The highest BCUT2D eigenvalue weighted by atomic mass is 16.8. The summed E-state index contributed by atoms with van der Waals surface area (Å²) in [5.41, 5.74) is 0. The Kier molecular flexibility index (Phi) is 3.55. The van der Waals surface area contributed by atoms with Crippen LogP contribution in [-0.4, -0.2) is 66.2 Å². The van der Waals surface area contributed by atoms with E-state index in [4.69, 9.17) is 9.47 Å². The Morgan fingerprint density at radius 2 is 1.57 bits per heavy atom. The van der Waals surface area contributed by atoms with E-state index >= 15 is 0 Å². The van der Waals surface area contributed by atoms with Crippen molar-refractivity contribution in [1.82, 2.24) is 9.80 Å². The number of carbonyl (C=O) groups excluding carboxylic acids is 3. The molecule has 3 saturated heterocycles. The minimum absolute atomic E-state index is 0.164. The van der Waals surface area contributed by atoms with E-state index < -0.39 is 23.6 Å². The predicted molar refractivity (Wildman–Crippen MR) is 69.6 cm³/mol. The van der Waals surface area contributed by atoms with Gasteiger partial charge in [-0.25, -0.2) is 9.59 Å². The molecule has 0 atom stereocenters. The Labute approximate surface area is 122 Å². The Bertz CT molecular complexity index is 525. The number of rotatable bonds is 2. The lowest BCUT2D eigenvalue weighted by Gasteiger charge is -2.18. The van der Waals surface area contributed by atoms with Crippen molar-refractivity contribution >= 4 is 17.8 Å². The van der Waals surface area contributed by atoms with Gasteiger partial charge in [-0.1, -0.05) is 11.8 Å². The van der Waals surface area contributed by atoms with Crippen molar-refractivity contribution in [1.29, 1.82) is 0 Å². The van der Waals surface area contributed by atoms with Gasteiger partial charge in [-0.3, -0.25) is 9.69 Å². The smallest absolute Gasteiger partial charge is 0.405 e. The Balaban J connectivity index is 1.54. The molecule has 0 aromatic carbocycles. The van der Waals surface area contributed by atoms with Crippen LogP contribution < -0.4 is 0 Å². The van der Waals surface area contributed by atoms with Gasteiger partial charge in [0.1, 0.15) is 0 Å². The van der Waals surface area contributed by atoms with Crippen LogP contribution in [-0.2, 0) is 23.9 Å². The van der Waals surface area contributed by atoms with E-state index in [1.165, 1.54) is 17.7 Å². The molecule has 0 unspecified atom stereocenters. The molecule has 0 aromatic rings. The van der Waals surface area contributed by atoms with E-state index in [0.717, 1.165) is 13.1 Å². The molecule has 7 heteroatoms. The summed E-state index contributed by atoms with van der Waals surface area (Å²) in [6.45, 7) is 3.47. The highest BCUT2D eigenvalue weighted by molar-refractivity contribution is 6.32. The third kappa shape index (κ3) is 2.59. The minimum atomic E-state index is -1.73. The molecule has 3 heterocycles. The Hall–Kier alpha value is -2.07. The van der Waals surface area contributed by atoms with Gasteiger partial charge in [-0.05, 0) is 25.9 Å². The molecule has 21 heavy (non-hydrogen) atoms. The second kappa shape index (κ2) is 5.37. The van der Waals surface area contributed by atoms with Crippen LogP contribution in [0.5, 0.6) is 0 Å². The summed E-state index contributed by atoms with van der Waals surface area (Å²) >= 11 is 0. The SMILES string of the molecule is O=C1OC2(CCN(CC#CCN3CCCC3)C2=O)OC1=O. The number of nitrogens with zero attached hydrogens (tertiary/aromatic N) is 2. The van der Waals surface area contributed by atoms with Crippen molar-refractivity contribution in [2.75, 3.05) is 32.7 Å². The second-order valence-corrected chi connectivity index (χ2v) is 5.35. The highest BCUT2D eigenvalue weighted by Gasteiger charge is 2.59. The maximum absolute atomic E-state index is 12.2. The van der Waals surface area contributed by atoms with Gasteiger partial charge < -0.3 is 14.4 Å². The first-order valence-corrected chi connectivity index (χ1v) is 7.04. The monoisotopic (exact) mass is 292 g/mol. The van der Waals surface area contributed by atoms with Crippen molar-refractivity contribution in [3.05, 3.63) is 0 Å². The first-order chi connectivity index (χ1) is 10.1. The lowest BCUT2D eigenvalue weighted by molar-refractivity contribution is -0.187. The van der Waals surface area contributed by atoms with Crippen LogP contribution in [0.3, 0.4) is 0 Å². The normalized spacial score (nSPS) is 24.2. The largest absolute Gasteiger partial charge is 0.421 e. The molecular weight excluding hydrogens is 276 g/mol. The number of amides is 1. The molecule has 3 fully saturated rings. The first-order valence-electron chi connectivity index (χ1n) is 7.04. The van der Waals surface area contributed by atoms with Gasteiger partial charge in [0.25, 0.3) is 0 Å². The molecule has 3 aliphatic heterocycles. The number of hydrogen-bond acceptors (Lipinski definition) is 6. The molecule has 1 spiro atoms. The van der Waals surface area contributed by atoms with Gasteiger partial charge >= 0.3 is 23.6 Å². The van der Waals surface area contributed by atoms with Gasteiger partial charge in [0.2, 0.25) is 0 Å². The third-order valence-electron chi connectivity index (χ3n) is 3.90. The number of likely N-dealkylation sites (tertiary alicyclic amines) is 2. The van der Waals surface area contributed by atoms with Crippen LogP contribution >= 0.6 is 0 Å². The van der Waals surface area contributed by atoms with Crippen LogP contribution in [0.1, 0.15) is 19.3 Å². The number of carbonyl (C=O) groups is 3. The summed E-state index contributed by atoms with van der Waals surface area (Å²) in [6.07, 6.45) is 2.59. The molecule has 0 bridgehead atoms. The molecule has 0 aromatic heterocycles. The number of ether oxygens (including phenoxy) is 2. The van der Waals surface area contributed by atoms with E-state index in [-0.39, 0.29) is 13.0 Å². The summed E-state index contributed by atoms with van der Waals surface area (Å²) in [5, 5.41) is 0. The molecule has 0 N–H and O–H groups in total. The van der Waals surface area contributed by atoms with Gasteiger partial charge in [0.15, 0.2) is 0 Å². The van der Waals surface area contributed by atoms with Crippen molar-refractivity contribution < 1.29 is 23.9 Å². The van der Waals surface area contributed by atoms with E-state index in [1.54, 1.807) is 0 Å². The van der Waals surface area contributed by atoms with Crippen molar-refractivity contribution in [2.45, 2.75) is 25.0 Å². The Morgan fingerprint density at radius 1 is 0.952 bits per heavy atom. The minimum Gasteiger partial charge on any atom is -0.405 e. The molecule has 0 aliphatic carbocycles. The van der Waals surface area contributed by atoms with Crippen LogP contribution in [0, 0.1) is 11.8 Å². The summed E-state index contributed by atoms with van der Waals surface area (Å²) in [5.74, 6) is 1.54. The van der Waals surface area contributed by atoms with Gasteiger partial charge in [0, 0.05) is 6.54 Å². The average Bonchev–Trinajstić information content (AvgIpc) is 3.13. The zero-order chi connectivity index (χ0) is 14.9. The van der Waals surface area contributed by atoms with E-state index in [9.17, 15) is 14.4 Å². The zero-order valence-electron chi connectivity index (χ0n) is 11.6. The second-order valence-electron chi connectivity index (χ2n) is 5.35. The molecule has 3 aliphatic rings. The molecule has 3 rings (SSSR count). The summed E-state index contributed by atoms with van der Waals surface area (Å²) in [7, 11) is 0. The Morgan fingerprint density at radius 3 is 2.24 bits per heavy atom. The average molecular weight is 292 g/mol. The van der Waals surface area contributed by atoms with Gasteiger partial charge in [0.05, 0.1) is 19.5 Å². The lowest BCUT2D eigenvalue weighted by atomic mass is 10.2. The molecule has 1 amide bonds. The van der Waals surface area contributed by atoms with Gasteiger partial charge in [-0.15, -0.1) is 0 Å². The molecular formula is C14H16N2O5. The number of hydrogen-bond donors (Lipinski definition) is 0. The van der Waals surface area contributed by atoms with Crippen LogP contribution in [0.2, 0.25) is 0 Å². The summed E-state index contributed by atoms with van der Waals surface area (Å²) in [4.78, 5) is 38.1. The molecule has 112 valence electrons. The van der Waals surface area contributed by atoms with Crippen LogP contribution in [0.25, 0.3) is 0 Å². The highest BCUT2D eigenvalue weighted by Crippen LogP contribution is 2.32. The first kappa shape index (κ1) is 13.9. The molecule has 0 radical (unpaired) electrons. The zero-order valence-corrected chi connectivity index (χ0v) is 11.6. The number of esters is 2. The third-order valence-corrected chi connectivity index (χ3v) is 3.90. The molecule has 7 nitrogen and oxygen atoms in total. The quantitative estimate of drug-likeness (QED) is 0.373. The van der Waals surface area contributed by atoms with E-state index in [1.807, 2.05) is 0 Å². The predicted octanol–water partition coefficient (Wildman–Crippen LogP) is -0.886. The van der Waals surface area contributed by atoms with Crippen molar-refractivity contribution in [3.63, 3.8) is 0 Å². The van der Waals surface area contributed by atoms with Crippen molar-refractivity contribution in [3.8, 4) is 11.8 Å². The van der Waals surface area contributed by atoms with Gasteiger partial charge in [-0.2, -0.15) is 0 Å². The summed E-state index contributed by atoms with van der Waals surface area (Å²) in [6, 6.07) is 0. The maximum Gasteiger partial charge on any atom is 0.421 e. The summed E-state index contributed by atoms with van der Waals surface area (Å²) < 4.78 is 9.59. The fourth-order valence-corrected chi connectivity index (χ4v) is 2.74. The maximum atomic E-state index is 12.2. The van der Waals surface area contributed by atoms with Crippen LogP contribution in [0.15, 0.2) is 0 Å². The van der Waals surface area contributed by atoms with Crippen LogP contribution in [0.4, 0.5) is 0 Å². The van der Waals surface area contributed by atoms with Crippen molar-refractivity contribution in [2.24, 2.45) is 0 Å².